The van der Waals surface area contributed by atoms with Crippen LogP contribution in [0.25, 0.3) is 17.0 Å². The number of hydrogen-bond acceptors (Lipinski definition) is 9. The smallest absolute Gasteiger partial charge is 0.408 e. The van der Waals surface area contributed by atoms with Gasteiger partial charge in [0.05, 0.1) is 11.9 Å². The fourth-order valence-corrected chi connectivity index (χ4v) is 4.84. The molecule has 13 nitrogen and oxygen atoms in total. The van der Waals surface area contributed by atoms with E-state index in [0.717, 1.165) is 28.6 Å². The number of esters is 1. The molecule has 0 aliphatic carbocycles. The highest BCUT2D eigenvalue weighted by Gasteiger charge is 2.33. The normalized spacial score (nSPS) is 15.7. The molecular formula is C39H61N5O8. The largest absolute Gasteiger partial charge is 0.480 e. The standard InChI is InChI=1S/C19H23NO2.C18H32N4O6.C2H6/c1-5-16-12-11-15-10-9-14(13-17(15)20-16)7-6-8-18(21)22-19(2,3)4;1-10(2)13(20-17(27)28-18(4,5)6)14(23)19-11(3)15(24)22-9-7-8-12(21-22)16(25)26;1-2/h6-7,9-13H,5,8H2,1-4H3;10-13,21H,7-9H2,1-6H3,(H,19,23)(H,20,27)(H,25,26);1-2H3/b7-6+;;/t;11-,12-,13?;/m.0./s1. The topological polar surface area (TPSA) is 176 Å². The van der Waals surface area contributed by atoms with Crippen LogP contribution in [0, 0.1) is 5.92 Å². The SMILES string of the molecule is CC.CC(C)C(NC(=O)OC(C)(C)C)C(=O)N[C@@H](C)C(=O)N1CCC[C@@H](C(=O)O)N1.CCc1ccc2ccc(/C=C/CC(=O)OC(C)(C)C)cc2n1. The number of carboxylic acids is 1. The number of rotatable bonds is 10. The molecule has 0 radical (unpaired) electrons. The first-order chi connectivity index (χ1) is 24.2. The number of hydrazine groups is 1. The van der Waals surface area contributed by atoms with Gasteiger partial charge in [-0.05, 0) is 91.3 Å². The summed E-state index contributed by atoms with van der Waals surface area (Å²) in [6.45, 7) is 22.2. The second-order valence-corrected chi connectivity index (χ2v) is 14.6. The van der Waals surface area contributed by atoms with Crippen molar-refractivity contribution in [1.82, 2.24) is 26.1 Å². The van der Waals surface area contributed by atoms with Crippen LogP contribution in [-0.2, 0) is 35.1 Å². The van der Waals surface area contributed by atoms with Crippen molar-refractivity contribution < 1.29 is 38.6 Å². The molecule has 1 fully saturated rings. The van der Waals surface area contributed by atoms with Gasteiger partial charge >= 0.3 is 18.0 Å². The Morgan fingerprint density at radius 3 is 2.15 bits per heavy atom. The highest BCUT2D eigenvalue weighted by atomic mass is 16.6. The van der Waals surface area contributed by atoms with Gasteiger partial charge in [-0.3, -0.25) is 29.2 Å². The Morgan fingerprint density at radius 2 is 1.60 bits per heavy atom. The Morgan fingerprint density at radius 1 is 0.981 bits per heavy atom. The summed E-state index contributed by atoms with van der Waals surface area (Å²) in [6, 6.07) is 7.66. The number of alkyl carbamates (subject to hydrolysis) is 1. The third-order valence-electron chi connectivity index (χ3n) is 7.25. The Labute approximate surface area is 309 Å². The molecule has 290 valence electrons. The number of carboxylic acid groups (broad SMARTS) is 1. The van der Waals surface area contributed by atoms with E-state index in [1.165, 1.54) is 11.9 Å². The van der Waals surface area contributed by atoms with Gasteiger partial charge in [-0.1, -0.05) is 65.0 Å². The minimum Gasteiger partial charge on any atom is -0.480 e. The number of carbonyl (C=O) groups excluding carboxylic acids is 4. The van der Waals surface area contributed by atoms with Crippen LogP contribution < -0.4 is 16.1 Å². The molecule has 2 heterocycles. The van der Waals surface area contributed by atoms with Crippen molar-refractivity contribution in [3.63, 3.8) is 0 Å². The third kappa shape index (κ3) is 16.7. The summed E-state index contributed by atoms with van der Waals surface area (Å²) in [7, 11) is 0. The molecule has 1 saturated heterocycles. The monoisotopic (exact) mass is 727 g/mol. The minimum atomic E-state index is -1.03. The van der Waals surface area contributed by atoms with Gasteiger partial charge in [0, 0.05) is 17.6 Å². The van der Waals surface area contributed by atoms with Gasteiger partial charge in [0.15, 0.2) is 0 Å². The molecule has 0 bridgehead atoms. The van der Waals surface area contributed by atoms with Gasteiger partial charge in [-0.25, -0.2) is 10.2 Å². The quantitative estimate of drug-likeness (QED) is 0.207. The molecular weight excluding hydrogens is 666 g/mol. The number of amides is 3. The lowest BCUT2D eigenvalue weighted by molar-refractivity contribution is -0.153. The van der Waals surface area contributed by atoms with Crippen molar-refractivity contribution in [2.45, 2.75) is 138 Å². The molecule has 2 aromatic rings. The second kappa shape index (κ2) is 21.1. The van der Waals surface area contributed by atoms with Crippen LogP contribution in [0.4, 0.5) is 4.79 Å². The van der Waals surface area contributed by atoms with Crippen molar-refractivity contribution in [2.75, 3.05) is 6.54 Å². The first-order valence-electron chi connectivity index (χ1n) is 18.1. The number of benzene rings is 1. The number of ether oxygens (including phenoxy) is 2. The number of hydrogen-bond donors (Lipinski definition) is 4. The van der Waals surface area contributed by atoms with Crippen LogP contribution >= 0.6 is 0 Å². The maximum Gasteiger partial charge on any atom is 0.408 e. The minimum absolute atomic E-state index is 0.212. The summed E-state index contributed by atoms with van der Waals surface area (Å²) in [4.78, 5) is 64.5. The molecule has 13 heteroatoms. The maximum absolute atomic E-state index is 12.6. The Balaban J connectivity index is 0.000000508. The van der Waals surface area contributed by atoms with E-state index in [-0.39, 0.29) is 18.3 Å². The van der Waals surface area contributed by atoms with Gasteiger partial charge in [0.1, 0.15) is 29.3 Å². The van der Waals surface area contributed by atoms with Crippen molar-refractivity contribution in [1.29, 1.82) is 0 Å². The number of aliphatic carboxylic acids is 1. The molecule has 1 unspecified atom stereocenters. The maximum atomic E-state index is 12.6. The van der Waals surface area contributed by atoms with E-state index < -0.39 is 53.2 Å². The summed E-state index contributed by atoms with van der Waals surface area (Å²) in [5.74, 6) is -2.45. The van der Waals surface area contributed by atoms with E-state index in [2.05, 4.69) is 46.2 Å². The summed E-state index contributed by atoms with van der Waals surface area (Å²) < 4.78 is 10.5. The first-order valence-corrected chi connectivity index (χ1v) is 18.1. The zero-order chi connectivity index (χ0) is 39.8. The lowest BCUT2D eigenvalue weighted by Gasteiger charge is -2.34. The van der Waals surface area contributed by atoms with Crippen molar-refractivity contribution >= 4 is 46.8 Å². The van der Waals surface area contributed by atoms with Crippen molar-refractivity contribution in [3.8, 4) is 0 Å². The molecule has 52 heavy (non-hydrogen) atoms. The predicted molar refractivity (Wildman–Crippen MR) is 203 cm³/mol. The number of carbonyl (C=O) groups is 5. The molecule has 0 saturated carbocycles. The molecule has 0 spiro atoms. The van der Waals surface area contributed by atoms with Crippen LogP contribution in [0.3, 0.4) is 0 Å². The fourth-order valence-electron chi connectivity index (χ4n) is 4.84. The zero-order valence-corrected chi connectivity index (χ0v) is 33.1. The number of aryl methyl sites for hydroxylation is 1. The van der Waals surface area contributed by atoms with Crippen LogP contribution in [0.2, 0.25) is 0 Å². The zero-order valence-electron chi connectivity index (χ0n) is 33.1. The molecule has 1 aromatic heterocycles. The van der Waals surface area contributed by atoms with Gasteiger partial charge in [-0.2, -0.15) is 0 Å². The molecule has 3 atom stereocenters. The Hall–Kier alpha value is -4.52. The number of aromatic nitrogens is 1. The summed E-state index contributed by atoms with van der Waals surface area (Å²) in [5, 5.41) is 16.6. The van der Waals surface area contributed by atoms with Gasteiger partial charge < -0.3 is 25.2 Å². The van der Waals surface area contributed by atoms with E-state index in [9.17, 15) is 24.0 Å². The Kier molecular flexibility index (Phi) is 18.5. The van der Waals surface area contributed by atoms with Crippen molar-refractivity contribution in [3.05, 3.63) is 47.7 Å². The van der Waals surface area contributed by atoms with Crippen LogP contribution in [-0.4, -0.2) is 80.8 Å². The molecule has 4 N–H and O–H groups in total. The van der Waals surface area contributed by atoms with E-state index in [0.29, 0.717) is 19.4 Å². The van der Waals surface area contributed by atoms with E-state index in [4.69, 9.17) is 14.6 Å². The van der Waals surface area contributed by atoms with E-state index in [1.807, 2.05) is 58.9 Å². The molecule has 1 aliphatic heterocycles. The number of nitrogens with one attached hydrogen (secondary N) is 3. The summed E-state index contributed by atoms with van der Waals surface area (Å²) in [6.07, 6.45) is 5.22. The molecule has 1 aliphatic rings. The first kappa shape index (κ1) is 45.5. The van der Waals surface area contributed by atoms with Crippen molar-refractivity contribution in [2.24, 2.45) is 5.92 Å². The highest BCUT2D eigenvalue weighted by molar-refractivity contribution is 5.91. The average molecular weight is 728 g/mol. The molecule has 1 aromatic carbocycles. The summed E-state index contributed by atoms with van der Waals surface area (Å²) >= 11 is 0. The van der Waals surface area contributed by atoms with Gasteiger partial charge in [0.2, 0.25) is 5.91 Å². The van der Waals surface area contributed by atoms with Crippen LogP contribution in [0.1, 0.15) is 114 Å². The van der Waals surface area contributed by atoms with E-state index >= 15 is 0 Å². The second-order valence-electron chi connectivity index (χ2n) is 14.6. The lowest BCUT2D eigenvalue weighted by atomic mass is 10.0. The lowest BCUT2D eigenvalue weighted by Crippen LogP contribution is -2.60. The molecule has 3 amide bonds. The predicted octanol–water partition coefficient (Wildman–Crippen LogP) is 6.19. The third-order valence-corrected chi connectivity index (χ3v) is 7.25. The fraction of sp³-hybridized carbons (Fsp3) is 0.590. The number of nitrogens with zero attached hydrogens (tertiary/aromatic N) is 2. The van der Waals surface area contributed by atoms with Gasteiger partial charge in [0.25, 0.3) is 5.91 Å². The van der Waals surface area contributed by atoms with Crippen LogP contribution in [0.5, 0.6) is 0 Å². The Bertz CT molecular complexity index is 1530. The van der Waals surface area contributed by atoms with Crippen LogP contribution in [0.15, 0.2) is 36.4 Å². The van der Waals surface area contributed by atoms with Gasteiger partial charge in [-0.15, -0.1) is 0 Å². The number of pyridine rings is 1. The average Bonchev–Trinajstić information content (AvgIpc) is 3.05. The number of fused-ring (bicyclic) bond motifs is 1. The highest BCUT2D eigenvalue weighted by Crippen LogP contribution is 2.17. The molecule has 3 rings (SSSR count). The van der Waals surface area contributed by atoms with E-state index in [1.54, 1.807) is 34.6 Å². The summed E-state index contributed by atoms with van der Waals surface area (Å²) in [5.41, 5.74) is 4.63.